The Labute approximate surface area is 84.1 Å². The maximum absolute atomic E-state index is 9.47. The molecule has 0 heterocycles. The van der Waals surface area contributed by atoms with E-state index in [9.17, 15) is 8.42 Å². The molecule has 0 rings (SSSR count). The van der Waals surface area contributed by atoms with E-state index in [0.717, 1.165) is 0 Å². The lowest BCUT2D eigenvalue weighted by molar-refractivity contribution is 0.625. The third-order valence-electron chi connectivity index (χ3n) is 0.957. The molecular weight excluding hydrogens is 296 g/mol. The van der Waals surface area contributed by atoms with E-state index in [2.05, 4.69) is 43.5 Å². The monoisotopic (exact) mass is 308 g/mol. The first-order chi connectivity index (χ1) is 4.91. The zero-order chi connectivity index (χ0) is 9.33. The molecule has 0 aromatic heterocycles. The Morgan fingerprint density at radius 2 is 1.18 bits per heavy atom. The molecule has 0 saturated heterocycles. The summed E-state index contributed by atoms with van der Waals surface area (Å²) in [6.07, 6.45) is 5.54. The SMILES string of the molecule is CCCCCC.O=S(=O)(Br)Br. The largest absolute Gasteiger partial charge is 0.268 e. The predicted octanol–water partition coefficient (Wildman–Crippen LogP) is 3.61. The summed E-state index contributed by atoms with van der Waals surface area (Å²) >= 11 is 4.53. The molecule has 0 radical (unpaired) electrons. The minimum absolute atomic E-state index is 1.36. The van der Waals surface area contributed by atoms with Crippen LogP contribution in [0.1, 0.15) is 39.5 Å². The summed E-state index contributed by atoms with van der Waals surface area (Å²) in [5.41, 5.74) is 0. The summed E-state index contributed by atoms with van der Waals surface area (Å²) in [6.45, 7) is 1.42. The Kier molecular flexibility index (Phi) is 11.8. The molecule has 0 N–H and O–H groups in total. The summed E-state index contributed by atoms with van der Waals surface area (Å²) in [7, 11) is 0. The lowest BCUT2D eigenvalue weighted by atomic mass is 10.2. The van der Waals surface area contributed by atoms with Crippen molar-refractivity contribution in [2.24, 2.45) is 0 Å². The highest BCUT2D eigenvalue weighted by Gasteiger charge is 1.87. The Balaban J connectivity index is 0. The molecule has 0 spiro atoms. The first kappa shape index (κ1) is 14.4. The molecule has 70 valence electrons. The van der Waals surface area contributed by atoms with Crippen molar-refractivity contribution in [1.82, 2.24) is 0 Å². The molecule has 11 heavy (non-hydrogen) atoms. The van der Waals surface area contributed by atoms with Crippen LogP contribution in [0.2, 0.25) is 0 Å². The normalized spacial score (nSPS) is 10.2. The number of rotatable bonds is 3. The third-order valence-corrected chi connectivity index (χ3v) is 0.957. The molecule has 0 aliphatic heterocycles. The summed E-state index contributed by atoms with van der Waals surface area (Å²) < 4.78 is 18.9. The van der Waals surface area contributed by atoms with Crippen molar-refractivity contribution in [2.45, 2.75) is 39.5 Å². The van der Waals surface area contributed by atoms with E-state index >= 15 is 0 Å². The number of unbranched alkanes of at least 4 members (excludes halogenated alkanes) is 3. The topological polar surface area (TPSA) is 34.1 Å². The number of hydrogen-bond acceptors (Lipinski definition) is 2. The first-order valence-corrected chi connectivity index (χ1v) is 8.72. The molecular formula is C6H14Br2O2S. The molecule has 5 heteroatoms. The number of halogens is 2. The van der Waals surface area contributed by atoms with Gasteiger partial charge >= 0.3 is 0 Å². The molecule has 0 aliphatic carbocycles. The van der Waals surface area contributed by atoms with Crippen LogP contribution in [0.15, 0.2) is 0 Å². The van der Waals surface area contributed by atoms with Crippen LogP contribution in [0.25, 0.3) is 0 Å². The smallest absolute Gasteiger partial charge is 0.205 e. The third kappa shape index (κ3) is 56.7. The van der Waals surface area contributed by atoms with Crippen molar-refractivity contribution in [1.29, 1.82) is 0 Å². The summed E-state index contributed by atoms with van der Waals surface area (Å²) in [5, 5.41) is 0. The average molecular weight is 310 g/mol. The van der Waals surface area contributed by atoms with Crippen molar-refractivity contribution in [3.05, 3.63) is 0 Å². The van der Waals surface area contributed by atoms with Gasteiger partial charge in [0.15, 0.2) is 0 Å². The van der Waals surface area contributed by atoms with E-state index in [-0.39, 0.29) is 0 Å². The Hall–Kier alpha value is 0.910. The highest BCUT2D eigenvalue weighted by atomic mass is 79.9. The minimum Gasteiger partial charge on any atom is -0.205 e. The van der Waals surface area contributed by atoms with Gasteiger partial charge in [-0.1, -0.05) is 39.5 Å². The maximum atomic E-state index is 9.47. The van der Waals surface area contributed by atoms with Gasteiger partial charge in [0.05, 0.1) is 29.6 Å². The fourth-order valence-electron chi connectivity index (χ4n) is 0.500. The highest BCUT2D eigenvalue weighted by molar-refractivity contribution is 9.79. The van der Waals surface area contributed by atoms with Crippen molar-refractivity contribution >= 4 is 36.3 Å². The van der Waals surface area contributed by atoms with Crippen molar-refractivity contribution in [2.75, 3.05) is 0 Å². The molecule has 0 fully saturated rings. The van der Waals surface area contributed by atoms with E-state index in [0.29, 0.717) is 0 Å². The van der Waals surface area contributed by atoms with Crippen LogP contribution in [0.3, 0.4) is 0 Å². The van der Waals surface area contributed by atoms with Gasteiger partial charge < -0.3 is 0 Å². The first-order valence-electron chi connectivity index (χ1n) is 3.56. The Bertz CT molecular complexity index is 142. The maximum Gasteiger partial charge on any atom is 0.268 e. The second-order valence-electron chi connectivity index (χ2n) is 2.09. The zero-order valence-electron chi connectivity index (χ0n) is 6.81. The molecule has 0 bridgehead atoms. The van der Waals surface area contributed by atoms with Crippen LogP contribution in [-0.2, 0) is 6.70 Å². The molecule has 0 aromatic carbocycles. The van der Waals surface area contributed by atoms with E-state index in [1.165, 1.54) is 25.7 Å². The molecule has 0 amide bonds. The van der Waals surface area contributed by atoms with Crippen LogP contribution in [0, 0.1) is 0 Å². The van der Waals surface area contributed by atoms with Crippen molar-refractivity contribution in [3.63, 3.8) is 0 Å². The van der Waals surface area contributed by atoms with Crippen LogP contribution in [-0.4, -0.2) is 8.42 Å². The van der Waals surface area contributed by atoms with Gasteiger partial charge in [-0.3, -0.25) is 0 Å². The van der Waals surface area contributed by atoms with Gasteiger partial charge in [0.2, 0.25) is 0 Å². The lowest BCUT2D eigenvalue weighted by Crippen LogP contribution is -1.66. The van der Waals surface area contributed by atoms with E-state index in [1.54, 1.807) is 0 Å². The van der Waals surface area contributed by atoms with Crippen LogP contribution in [0.5, 0.6) is 0 Å². The number of hydrogen-bond donors (Lipinski definition) is 0. The highest BCUT2D eigenvalue weighted by Crippen LogP contribution is 2.06. The van der Waals surface area contributed by atoms with Crippen LogP contribution < -0.4 is 0 Å². The van der Waals surface area contributed by atoms with Gasteiger partial charge in [0.25, 0.3) is 6.70 Å². The molecule has 0 aromatic rings. The average Bonchev–Trinajstić information content (AvgIpc) is 1.79. The van der Waals surface area contributed by atoms with Crippen molar-refractivity contribution < 1.29 is 8.42 Å². The fraction of sp³-hybridized carbons (Fsp3) is 1.00. The Morgan fingerprint density at radius 1 is 1.00 bits per heavy atom. The summed E-state index contributed by atoms with van der Waals surface area (Å²) in [4.78, 5) is 0. The molecule has 0 unspecified atom stereocenters. The molecule has 2 nitrogen and oxygen atoms in total. The van der Waals surface area contributed by atoms with E-state index in [4.69, 9.17) is 0 Å². The van der Waals surface area contributed by atoms with E-state index in [1.807, 2.05) is 0 Å². The standard InChI is InChI=1S/C6H14.Br2O2S/c1-3-5-6-4-2;1-5(2,3)4/h3-6H2,1-2H3;. The lowest BCUT2D eigenvalue weighted by Gasteiger charge is -1.86. The Morgan fingerprint density at radius 3 is 1.27 bits per heavy atom. The van der Waals surface area contributed by atoms with E-state index < -0.39 is 6.70 Å². The predicted molar refractivity (Wildman–Crippen MR) is 56.6 cm³/mol. The van der Waals surface area contributed by atoms with Crippen LogP contribution >= 0.6 is 29.6 Å². The summed E-state index contributed by atoms with van der Waals surface area (Å²) in [5.74, 6) is 0. The van der Waals surface area contributed by atoms with Crippen molar-refractivity contribution in [3.8, 4) is 0 Å². The van der Waals surface area contributed by atoms with Gasteiger partial charge in [-0.25, -0.2) is 8.42 Å². The quantitative estimate of drug-likeness (QED) is 0.589. The van der Waals surface area contributed by atoms with Gasteiger partial charge in [-0.15, -0.1) is 0 Å². The summed E-state index contributed by atoms with van der Waals surface area (Å²) in [6, 6.07) is 0. The fourth-order valence-corrected chi connectivity index (χ4v) is 0.500. The van der Waals surface area contributed by atoms with Gasteiger partial charge in [0, 0.05) is 0 Å². The second-order valence-corrected chi connectivity index (χ2v) is 10.6. The van der Waals surface area contributed by atoms with Gasteiger partial charge in [-0.05, 0) is 0 Å². The van der Waals surface area contributed by atoms with Gasteiger partial charge in [0.1, 0.15) is 0 Å². The molecule has 0 atom stereocenters. The molecule has 0 saturated carbocycles. The zero-order valence-corrected chi connectivity index (χ0v) is 10.8. The minimum atomic E-state index is -3.04. The molecule has 0 aliphatic rings. The van der Waals surface area contributed by atoms with Gasteiger partial charge in [-0.2, -0.15) is 0 Å². The van der Waals surface area contributed by atoms with Crippen LogP contribution in [0.4, 0.5) is 0 Å². The second kappa shape index (κ2) is 9.00.